The molecule has 148 valence electrons. The Morgan fingerprint density at radius 3 is 2.39 bits per heavy atom. The van der Waals surface area contributed by atoms with Gasteiger partial charge in [0.2, 0.25) is 0 Å². The van der Waals surface area contributed by atoms with Crippen molar-refractivity contribution < 1.29 is 24.3 Å². The van der Waals surface area contributed by atoms with Crippen molar-refractivity contribution in [2.45, 2.75) is 33.0 Å². The maximum Gasteiger partial charge on any atom is 0.157 e. The number of aliphatic hydroxyl groups is 1. The van der Waals surface area contributed by atoms with Gasteiger partial charge in [0.1, 0.15) is 43.8 Å². The van der Waals surface area contributed by atoms with E-state index in [4.69, 9.17) is 9.15 Å². The topological polar surface area (TPSA) is 67.3 Å². The van der Waals surface area contributed by atoms with E-state index in [0.717, 1.165) is 33.1 Å². The Kier molecular flexibility index (Phi) is 6.74. The van der Waals surface area contributed by atoms with Gasteiger partial charge in [0.25, 0.3) is 0 Å². The SMILES string of the molecule is Cc1cccc(C)c1OC[C@H](O)C[NH+](Cc1ccco1)Cc1ccccc1O. The number of aliphatic hydroxyl groups excluding tert-OH is 1. The predicted molar refractivity (Wildman–Crippen MR) is 107 cm³/mol. The summed E-state index contributed by atoms with van der Waals surface area (Å²) >= 11 is 0. The van der Waals surface area contributed by atoms with E-state index in [2.05, 4.69) is 0 Å². The van der Waals surface area contributed by atoms with Crippen LogP contribution in [0.2, 0.25) is 0 Å². The number of benzene rings is 2. The zero-order chi connectivity index (χ0) is 19.9. The predicted octanol–water partition coefficient (Wildman–Crippen LogP) is 2.63. The average Bonchev–Trinajstić information content (AvgIpc) is 3.16. The van der Waals surface area contributed by atoms with Crippen LogP contribution in [0.4, 0.5) is 0 Å². The lowest BCUT2D eigenvalue weighted by Gasteiger charge is -2.23. The molecule has 0 aliphatic heterocycles. The molecule has 1 unspecified atom stereocenters. The molecule has 0 amide bonds. The standard InChI is InChI=1S/C23H27NO4/c1-17-7-5-8-18(2)23(17)28-16-20(25)14-24(15-21-10-6-12-27-21)13-19-9-3-4-11-22(19)26/h3-12,20,25-26H,13-16H2,1-2H3/p+1/t20-/m1/s1. The maximum absolute atomic E-state index is 10.6. The summed E-state index contributed by atoms with van der Waals surface area (Å²) in [6, 6.07) is 17.1. The van der Waals surface area contributed by atoms with Crippen molar-refractivity contribution in [3.8, 4) is 11.5 Å². The van der Waals surface area contributed by atoms with Crippen molar-refractivity contribution in [1.29, 1.82) is 0 Å². The van der Waals surface area contributed by atoms with Gasteiger partial charge < -0.3 is 24.3 Å². The number of phenols is 1. The molecule has 0 saturated heterocycles. The quantitative estimate of drug-likeness (QED) is 0.532. The molecule has 0 bridgehead atoms. The van der Waals surface area contributed by atoms with Crippen molar-refractivity contribution in [2.24, 2.45) is 0 Å². The molecule has 5 nitrogen and oxygen atoms in total. The van der Waals surface area contributed by atoms with E-state index in [1.807, 2.05) is 56.3 Å². The minimum Gasteiger partial charge on any atom is -0.507 e. The van der Waals surface area contributed by atoms with Crippen LogP contribution in [0.5, 0.6) is 11.5 Å². The van der Waals surface area contributed by atoms with Crippen LogP contribution in [0.25, 0.3) is 0 Å². The molecule has 0 spiro atoms. The Labute approximate surface area is 165 Å². The molecule has 2 atom stereocenters. The van der Waals surface area contributed by atoms with Crippen molar-refractivity contribution in [3.63, 3.8) is 0 Å². The van der Waals surface area contributed by atoms with Crippen molar-refractivity contribution >= 4 is 0 Å². The van der Waals surface area contributed by atoms with Crippen LogP contribution in [0, 0.1) is 13.8 Å². The Balaban J connectivity index is 1.65. The van der Waals surface area contributed by atoms with E-state index in [0.29, 0.717) is 19.6 Å². The summed E-state index contributed by atoms with van der Waals surface area (Å²) in [5.41, 5.74) is 2.95. The lowest BCUT2D eigenvalue weighted by molar-refractivity contribution is -0.931. The number of furan rings is 1. The lowest BCUT2D eigenvalue weighted by atomic mass is 10.1. The highest BCUT2D eigenvalue weighted by Crippen LogP contribution is 2.22. The molecule has 3 aromatic rings. The number of phenolic OH excluding ortho intramolecular Hbond substituents is 1. The van der Waals surface area contributed by atoms with Gasteiger partial charge >= 0.3 is 0 Å². The largest absolute Gasteiger partial charge is 0.507 e. The molecule has 3 N–H and O–H groups in total. The van der Waals surface area contributed by atoms with E-state index in [-0.39, 0.29) is 12.4 Å². The van der Waals surface area contributed by atoms with E-state index >= 15 is 0 Å². The molecule has 0 aliphatic rings. The first-order valence-electron chi connectivity index (χ1n) is 9.53. The van der Waals surface area contributed by atoms with Gasteiger partial charge in [-0.25, -0.2) is 0 Å². The molecular weight excluding hydrogens is 354 g/mol. The van der Waals surface area contributed by atoms with Gasteiger partial charge in [-0.05, 0) is 49.2 Å². The van der Waals surface area contributed by atoms with E-state index in [1.165, 1.54) is 0 Å². The zero-order valence-electron chi connectivity index (χ0n) is 16.4. The first-order valence-corrected chi connectivity index (χ1v) is 9.53. The summed E-state index contributed by atoms with van der Waals surface area (Å²) in [6.45, 7) is 5.88. The Morgan fingerprint density at radius 1 is 0.964 bits per heavy atom. The Hall–Kier alpha value is -2.76. The highest BCUT2D eigenvalue weighted by molar-refractivity contribution is 5.39. The summed E-state index contributed by atoms with van der Waals surface area (Å²) in [7, 11) is 0. The number of hydrogen-bond acceptors (Lipinski definition) is 4. The number of para-hydroxylation sites is 2. The highest BCUT2D eigenvalue weighted by atomic mass is 16.5. The minimum atomic E-state index is -0.644. The number of ether oxygens (including phenoxy) is 1. The molecule has 2 aromatic carbocycles. The van der Waals surface area contributed by atoms with E-state index in [9.17, 15) is 10.2 Å². The molecule has 28 heavy (non-hydrogen) atoms. The number of nitrogens with one attached hydrogen (secondary N) is 1. The maximum atomic E-state index is 10.6. The normalized spacial score (nSPS) is 13.2. The molecule has 0 fully saturated rings. The van der Waals surface area contributed by atoms with E-state index in [1.54, 1.807) is 18.4 Å². The van der Waals surface area contributed by atoms with Gasteiger partial charge in [-0.2, -0.15) is 0 Å². The van der Waals surface area contributed by atoms with Crippen molar-refractivity contribution in [1.82, 2.24) is 0 Å². The Bertz CT molecular complexity index is 856. The fourth-order valence-electron chi connectivity index (χ4n) is 3.39. The highest BCUT2D eigenvalue weighted by Gasteiger charge is 2.20. The zero-order valence-corrected chi connectivity index (χ0v) is 16.4. The summed E-state index contributed by atoms with van der Waals surface area (Å²) in [6.07, 6.45) is 1.00. The third-order valence-corrected chi connectivity index (χ3v) is 4.79. The van der Waals surface area contributed by atoms with Crippen LogP contribution in [0.3, 0.4) is 0 Å². The van der Waals surface area contributed by atoms with Crippen molar-refractivity contribution in [2.75, 3.05) is 13.2 Å². The first-order chi connectivity index (χ1) is 13.5. The van der Waals surface area contributed by atoms with Gasteiger partial charge in [0, 0.05) is 5.56 Å². The number of aromatic hydroxyl groups is 1. The van der Waals surface area contributed by atoms with Gasteiger partial charge in [-0.1, -0.05) is 30.3 Å². The molecule has 1 heterocycles. The number of quaternary nitrogens is 1. The molecule has 3 rings (SSSR count). The van der Waals surface area contributed by atoms with Crippen LogP contribution >= 0.6 is 0 Å². The monoisotopic (exact) mass is 382 g/mol. The van der Waals surface area contributed by atoms with Crippen LogP contribution < -0.4 is 9.64 Å². The molecule has 1 aromatic heterocycles. The molecular formula is C23H28NO4+. The third kappa shape index (κ3) is 5.38. The van der Waals surface area contributed by atoms with Gasteiger partial charge in [0.05, 0.1) is 6.26 Å². The minimum absolute atomic E-state index is 0.216. The third-order valence-electron chi connectivity index (χ3n) is 4.79. The smallest absolute Gasteiger partial charge is 0.157 e. The second-order valence-electron chi connectivity index (χ2n) is 7.20. The number of aryl methyl sites for hydroxylation is 2. The fraction of sp³-hybridized carbons (Fsp3) is 0.304. The van der Waals surface area contributed by atoms with E-state index < -0.39 is 6.10 Å². The average molecular weight is 382 g/mol. The lowest BCUT2D eigenvalue weighted by Crippen LogP contribution is -3.10. The molecule has 5 heteroatoms. The van der Waals surface area contributed by atoms with Crippen LogP contribution in [0.15, 0.2) is 65.3 Å². The second kappa shape index (κ2) is 9.44. The van der Waals surface area contributed by atoms with Crippen molar-refractivity contribution in [3.05, 3.63) is 83.3 Å². The van der Waals surface area contributed by atoms with Gasteiger partial charge in [-0.15, -0.1) is 0 Å². The first kappa shape index (κ1) is 20.0. The van der Waals surface area contributed by atoms with Gasteiger partial charge in [0.15, 0.2) is 5.76 Å². The molecule has 0 radical (unpaired) electrons. The summed E-state index contributed by atoms with van der Waals surface area (Å²) in [5.74, 6) is 1.93. The molecule has 0 saturated carbocycles. The molecule has 0 aliphatic carbocycles. The second-order valence-corrected chi connectivity index (χ2v) is 7.20. The number of hydrogen-bond donors (Lipinski definition) is 3. The Morgan fingerprint density at radius 2 is 1.71 bits per heavy atom. The van der Waals surface area contributed by atoms with Crippen LogP contribution in [-0.2, 0) is 13.1 Å². The van der Waals surface area contributed by atoms with Gasteiger partial charge in [-0.3, -0.25) is 0 Å². The summed E-state index contributed by atoms with van der Waals surface area (Å²) in [5, 5.41) is 20.7. The fourth-order valence-corrected chi connectivity index (χ4v) is 3.39. The summed E-state index contributed by atoms with van der Waals surface area (Å²) < 4.78 is 11.4. The van der Waals surface area contributed by atoms with Crippen LogP contribution in [0.1, 0.15) is 22.5 Å². The summed E-state index contributed by atoms with van der Waals surface area (Å²) in [4.78, 5) is 1.08. The van der Waals surface area contributed by atoms with Crippen LogP contribution in [-0.4, -0.2) is 29.5 Å². The number of rotatable bonds is 9.